The Labute approximate surface area is 115 Å². The van der Waals surface area contributed by atoms with Crippen molar-refractivity contribution in [1.82, 2.24) is 4.90 Å². The molecule has 1 aliphatic heterocycles. The van der Waals surface area contributed by atoms with Crippen LogP contribution in [0, 0.1) is 6.92 Å². The van der Waals surface area contributed by atoms with Crippen molar-refractivity contribution in [3.05, 3.63) is 42.0 Å². The molecule has 2 nitrogen and oxygen atoms in total. The zero-order chi connectivity index (χ0) is 13.0. The molecule has 0 spiro atoms. The van der Waals surface area contributed by atoms with Crippen molar-refractivity contribution in [2.75, 3.05) is 43.5 Å². The molecule has 0 bridgehead atoms. The number of benzene rings is 1. The van der Waals surface area contributed by atoms with Gasteiger partial charge in [0.25, 0.3) is 0 Å². The molecule has 0 amide bonds. The van der Waals surface area contributed by atoms with Gasteiger partial charge in [0.05, 0.1) is 0 Å². The van der Waals surface area contributed by atoms with E-state index in [1.54, 1.807) is 0 Å². The fraction of sp³-hybridized carbons (Fsp3) is 0.467. The van der Waals surface area contributed by atoms with Gasteiger partial charge in [-0.15, -0.1) is 11.6 Å². The number of alkyl halides is 1. The molecule has 0 N–H and O–H groups in total. The normalized spacial score (nSPS) is 16.9. The van der Waals surface area contributed by atoms with E-state index in [2.05, 4.69) is 47.6 Å². The van der Waals surface area contributed by atoms with Gasteiger partial charge < -0.3 is 4.90 Å². The lowest BCUT2D eigenvalue weighted by atomic mass is 10.2. The first kappa shape index (κ1) is 13.4. The van der Waals surface area contributed by atoms with Gasteiger partial charge in [-0.3, -0.25) is 4.90 Å². The summed E-state index contributed by atoms with van der Waals surface area (Å²) in [5, 5.41) is 0. The van der Waals surface area contributed by atoms with Gasteiger partial charge in [0.2, 0.25) is 0 Å². The fourth-order valence-corrected chi connectivity index (χ4v) is 2.43. The van der Waals surface area contributed by atoms with Crippen molar-refractivity contribution in [3.63, 3.8) is 0 Å². The van der Waals surface area contributed by atoms with E-state index in [-0.39, 0.29) is 0 Å². The molecule has 1 fully saturated rings. The molecule has 1 aliphatic rings. The SMILES string of the molecule is C=C(CCl)CN1CCN(c2cccc(C)c2)CC1. The molecule has 0 aliphatic carbocycles. The van der Waals surface area contributed by atoms with Gasteiger partial charge in [-0.1, -0.05) is 18.7 Å². The summed E-state index contributed by atoms with van der Waals surface area (Å²) in [5.41, 5.74) is 3.77. The Hall–Kier alpha value is -0.990. The van der Waals surface area contributed by atoms with Crippen LogP contribution >= 0.6 is 11.6 Å². The van der Waals surface area contributed by atoms with Crippen LogP contribution in [-0.4, -0.2) is 43.5 Å². The van der Waals surface area contributed by atoms with Gasteiger partial charge in [0.1, 0.15) is 0 Å². The monoisotopic (exact) mass is 264 g/mol. The Balaban J connectivity index is 1.88. The Morgan fingerprint density at radius 1 is 1.28 bits per heavy atom. The largest absolute Gasteiger partial charge is 0.369 e. The van der Waals surface area contributed by atoms with E-state index in [1.165, 1.54) is 11.3 Å². The van der Waals surface area contributed by atoms with E-state index >= 15 is 0 Å². The highest BCUT2D eigenvalue weighted by Gasteiger charge is 2.17. The van der Waals surface area contributed by atoms with Crippen LogP contribution in [0.4, 0.5) is 5.69 Å². The molecule has 98 valence electrons. The summed E-state index contributed by atoms with van der Waals surface area (Å²) >= 11 is 5.78. The van der Waals surface area contributed by atoms with Crippen LogP contribution < -0.4 is 4.90 Å². The predicted octanol–water partition coefficient (Wildman–Crippen LogP) is 2.91. The summed E-state index contributed by atoms with van der Waals surface area (Å²) in [6.45, 7) is 11.4. The first-order valence-electron chi connectivity index (χ1n) is 6.45. The smallest absolute Gasteiger partial charge is 0.0443 e. The summed E-state index contributed by atoms with van der Waals surface area (Å²) in [6.07, 6.45) is 0. The lowest BCUT2D eigenvalue weighted by molar-refractivity contribution is 0.279. The van der Waals surface area contributed by atoms with Crippen molar-refractivity contribution >= 4 is 17.3 Å². The molecule has 3 heteroatoms. The standard InChI is InChI=1S/C15H21ClN2/c1-13-4-3-5-15(10-13)18-8-6-17(7-9-18)12-14(2)11-16/h3-5,10H,2,6-9,11-12H2,1H3. The van der Waals surface area contributed by atoms with Crippen LogP contribution in [0.15, 0.2) is 36.4 Å². The zero-order valence-corrected chi connectivity index (χ0v) is 11.8. The molecule has 1 heterocycles. The number of halogens is 1. The minimum absolute atomic E-state index is 0.568. The van der Waals surface area contributed by atoms with E-state index in [1.807, 2.05) is 0 Å². The average Bonchev–Trinajstić information content (AvgIpc) is 2.39. The van der Waals surface area contributed by atoms with Crippen LogP contribution in [0.2, 0.25) is 0 Å². The lowest BCUT2D eigenvalue weighted by Gasteiger charge is -2.36. The highest BCUT2D eigenvalue weighted by atomic mass is 35.5. The number of hydrogen-bond acceptors (Lipinski definition) is 2. The maximum Gasteiger partial charge on any atom is 0.0443 e. The fourth-order valence-electron chi connectivity index (χ4n) is 2.35. The summed E-state index contributed by atoms with van der Waals surface area (Å²) in [6, 6.07) is 8.73. The number of aryl methyl sites for hydroxylation is 1. The van der Waals surface area contributed by atoms with Crippen molar-refractivity contribution in [2.24, 2.45) is 0 Å². The molecule has 0 atom stereocenters. The minimum atomic E-state index is 0.568. The van der Waals surface area contributed by atoms with Crippen molar-refractivity contribution < 1.29 is 0 Å². The Morgan fingerprint density at radius 3 is 2.61 bits per heavy atom. The predicted molar refractivity (Wildman–Crippen MR) is 79.7 cm³/mol. The second-order valence-electron chi connectivity index (χ2n) is 4.99. The number of hydrogen-bond donors (Lipinski definition) is 0. The van der Waals surface area contributed by atoms with E-state index in [9.17, 15) is 0 Å². The maximum atomic E-state index is 5.78. The highest BCUT2D eigenvalue weighted by molar-refractivity contribution is 6.19. The van der Waals surface area contributed by atoms with Crippen LogP contribution in [0.25, 0.3) is 0 Å². The third kappa shape index (κ3) is 3.50. The molecule has 1 saturated heterocycles. The molecule has 0 unspecified atom stereocenters. The molecule has 0 saturated carbocycles. The van der Waals surface area contributed by atoms with E-state index in [0.29, 0.717) is 5.88 Å². The molecule has 0 radical (unpaired) electrons. The average molecular weight is 265 g/mol. The van der Waals surface area contributed by atoms with Crippen molar-refractivity contribution in [2.45, 2.75) is 6.92 Å². The van der Waals surface area contributed by atoms with Gasteiger partial charge in [-0.25, -0.2) is 0 Å². The topological polar surface area (TPSA) is 6.48 Å². The summed E-state index contributed by atoms with van der Waals surface area (Å²) in [7, 11) is 0. The molecule has 1 aromatic carbocycles. The first-order valence-corrected chi connectivity index (χ1v) is 6.99. The summed E-state index contributed by atoms with van der Waals surface area (Å²) in [4.78, 5) is 4.88. The molecule has 1 aromatic rings. The lowest BCUT2D eigenvalue weighted by Crippen LogP contribution is -2.47. The highest BCUT2D eigenvalue weighted by Crippen LogP contribution is 2.18. The number of rotatable bonds is 4. The molecule has 0 aromatic heterocycles. The molecular weight excluding hydrogens is 244 g/mol. The Kier molecular flexibility index (Phi) is 4.67. The van der Waals surface area contributed by atoms with Gasteiger partial charge in [-0.05, 0) is 30.2 Å². The van der Waals surface area contributed by atoms with Crippen LogP contribution in [-0.2, 0) is 0 Å². The third-order valence-corrected chi connectivity index (χ3v) is 3.75. The quantitative estimate of drug-likeness (QED) is 0.610. The van der Waals surface area contributed by atoms with E-state index in [0.717, 1.165) is 38.3 Å². The maximum absolute atomic E-state index is 5.78. The first-order chi connectivity index (χ1) is 8.69. The van der Waals surface area contributed by atoms with Gasteiger partial charge in [-0.2, -0.15) is 0 Å². The van der Waals surface area contributed by atoms with E-state index in [4.69, 9.17) is 11.6 Å². The third-order valence-electron chi connectivity index (χ3n) is 3.38. The summed E-state index contributed by atoms with van der Waals surface area (Å²) in [5.74, 6) is 0.568. The number of piperazine rings is 1. The minimum Gasteiger partial charge on any atom is -0.369 e. The molecule has 18 heavy (non-hydrogen) atoms. The van der Waals surface area contributed by atoms with Crippen LogP contribution in [0.5, 0.6) is 0 Å². The van der Waals surface area contributed by atoms with Gasteiger partial charge in [0.15, 0.2) is 0 Å². The Bertz CT molecular complexity index is 409. The van der Waals surface area contributed by atoms with Crippen molar-refractivity contribution in [3.8, 4) is 0 Å². The molecule has 2 rings (SSSR count). The second-order valence-corrected chi connectivity index (χ2v) is 5.25. The van der Waals surface area contributed by atoms with Gasteiger partial charge >= 0.3 is 0 Å². The van der Waals surface area contributed by atoms with Crippen LogP contribution in [0.3, 0.4) is 0 Å². The van der Waals surface area contributed by atoms with Gasteiger partial charge in [0, 0.05) is 44.3 Å². The summed E-state index contributed by atoms with van der Waals surface area (Å²) < 4.78 is 0. The second kappa shape index (κ2) is 6.26. The number of anilines is 1. The number of nitrogens with zero attached hydrogens (tertiary/aromatic N) is 2. The van der Waals surface area contributed by atoms with E-state index < -0.39 is 0 Å². The Morgan fingerprint density at radius 2 is 2.00 bits per heavy atom. The zero-order valence-electron chi connectivity index (χ0n) is 11.0. The molecular formula is C15H21ClN2. The van der Waals surface area contributed by atoms with Crippen molar-refractivity contribution in [1.29, 1.82) is 0 Å². The van der Waals surface area contributed by atoms with Crippen LogP contribution in [0.1, 0.15) is 5.56 Å².